The summed E-state index contributed by atoms with van der Waals surface area (Å²) in [6.45, 7) is 3.92. The van der Waals surface area contributed by atoms with E-state index in [1.807, 2.05) is 32.2 Å². The second-order valence-electron chi connectivity index (χ2n) is 9.98. The van der Waals surface area contributed by atoms with E-state index in [0.717, 1.165) is 29.9 Å². The zero-order valence-corrected chi connectivity index (χ0v) is 23.1. The number of alkyl halides is 3. The number of carbonyl (C=O) groups excluding carboxylic acids is 3. The van der Waals surface area contributed by atoms with E-state index in [-0.39, 0.29) is 35.2 Å². The van der Waals surface area contributed by atoms with Crippen LogP contribution in [-0.4, -0.2) is 49.2 Å². The number of halogens is 3. The smallest absolute Gasteiger partial charge is 0.384 e. The summed E-state index contributed by atoms with van der Waals surface area (Å²) in [6.07, 6.45) is 0.478. The number of amides is 3. The Morgan fingerprint density at radius 2 is 1.59 bits per heavy atom. The molecule has 1 aliphatic rings. The minimum Gasteiger partial charge on any atom is -0.384 e. The van der Waals surface area contributed by atoms with Crippen LogP contribution < -0.4 is 21.3 Å². The van der Waals surface area contributed by atoms with Crippen molar-refractivity contribution in [1.29, 1.82) is 0 Å². The summed E-state index contributed by atoms with van der Waals surface area (Å²) < 4.78 is 39.8. The van der Waals surface area contributed by atoms with Gasteiger partial charge in [-0.1, -0.05) is 26.7 Å². The molecule has 4 N–H and O–H groups in total. The first-order chi connectivity index (χ1) is 18.5. The molecular formula is C28H35F3N4O3S. The van der Waals surface area contributed by atoms with E-state index < -0.39 is 30.1 Å². The molecule has 1 fully saturated rings. The Kier molecular flexibility index (Phi) is 10.7. The van der Waals surface area contributed by atoms with Crippen LogP contribution in [0.4, 0.5) is 18.9 Å². The molecule has 3 amide bonds. The fraction of sp³-hybridized carbons (Fsp3) is 0.464. The molecule has 39 heavy (non-hydrogen) atoms. The van der Waals surface area contributed by atoms with E-state index in [4.69, 9.17) is 0 Å². The summed E-state index contributed by atoms with van der Waals surface area (Å²) in [6, 6.07) is 9.58. The number of rotatable bonds is 10. The zero-order chi connectivity index (χ0) is 28.6. The van der Waals surface area contributed by atoms with Crippen LogP contribution >= 0.6 is 11.8 Å². The van der Waals surface area contributed by atoms with Crippen molar-refractivity contribution in [2.45, 2.75) is 62.7 Å². The molecule has 212 valence electrons. The summed E-state index contributed by atoms with van der Waals surface area (Å²) in [4.78, 5) is 39.4. The van der Waals surface area contributed by atoms with Gasteiger partial charge in [-0.3, -0.25) is 14.4 Å². The molecule has 0 heterocycles. The van der Waals surface area contributed by atoms with E-state index in [2.05, 4.69) is 21.3 Å². The van der Waals surface area contributed by atoms with Gasteiger partial charge in [0.2, 0.25) is 5.91 Å². The molecule has 2 aromatic carbocycles. The summed E-state index contributed by atoms with van der Waals surface area (Å²) in [5.41, 5.74) is -0.349. The number of benzene rings is 2. The summed E-state index contributed by atoms with van der Waals surface area (Å²) in [5, 5.41) is 11.3. The van der Waals surface area contributed by atoms with Crippen LogP contribution in [0.15, 0.2) is 47.4 Å². The highest BCUT2D eigenvalue weighted by atomic mass is 32.2. The monoisotopic (exact) mass is 564 g/mol. The lowest BCUT2D eigenvalue weighted by atomic mass is 9.90. The minimum absolute atomic E-state index is 0.187. The molecule has 0 bridgehead atoms. The highest BCUT2D eigenvalue weighted by Gasteiger charge is 2.32. The first kappa shape index (κ1) is 30.3. The van der Waals surface area contributed by atoms with E-state index in [9.17, 15) is 27.6 Å². The maximum absolute atomic E-state index is 13.3. The summed E-state index contributed by atoms with van der Waals surface area (Å²) >= 11 is 1.58. The van der Waals surface area contributed by atoms with Crippen molar-refractivity contribution < 1.29 is 27.6 Å². The van der Waals surface area contributed by atoms with Crippen molar-refractivity contribution in [3.63, 3.8) is 0 Å². The third-order valence-corrected chi connectivity index (χ3v) is 7.23. The van der Waals surface area contributed by atoms with Crippen LogP contribution in [-0.2, 0) is 11.0 Å². The van der Waals surface area contributed by atoms with E-state index in [1.165, 1.54) is 6.07 Å². The van der Waals surface area contributed by atoms with E-state index >= 15 is 0 Å². The largest absolute Gasteiger partial charge is 0.416 e. The maximum Gasteiger partial charge on any atom is 0.416 e. The van der Waals surface area contributed by atoms with Gasteiger partial charge in [-0.25, -0.2) is 0 Å². The summed E-state index contributed by atoms with van der Waals surface area (Å²) in [7, 11) is 0. The van der Waals surface area contributed by atoms with Crippen LogP contribution in [0.1, 0.15) is 65.8 Å². The first-order valence-corrected chi connectivity index (χ1v) is 14.2. The Hall–Kier alpha value is -3.21. The van der Waals surface area contributed by atoms with Gasteiger partial charge in [0.05, 0.1) is 17.7 Å². The van der Waals surface area contributed by atoms with Gasteiger partial charge in [-0.05, 0) is 67.5 Å². The lowest BCUT2D eigenvalue weighted by Gasteiger charge is -2.33. The van der Waals surface area contributed by atoms with Crippen molar-refractivity contribution in [2.24, 2.45) is 5.92 Å². The molecule has 0 radical (unpaired) electrons. The highest BCUT2D eigenvalue weighted by Crippen LogP contribution is 2.32. The molecule has 2 atom stereocenters. The molecule has 0 aromatic heterocycles. The average Bonchev–Trinajstić information content (AvgIpc) is 2.91. The third-order valence-electron chi connectivity index (χ3n) is 6.48. The van der Waals surface area contributed by atoms with Crippen molar-refractivity contribution >= 4 is 35.2 Å². The second kappa shape index (κ2) is 13.7. The number of hydrogen-bond acceptors (Lipinski definition) is 5. The molecule has 11 heteroatoms. The van der Waals surface area contributed by atoms with Gasteiger partial charge < -0.3 is 21.3 Å². The Bertz CT molecular complexity index is 1160. The van der Waals surface area contributed by atoms with Gasteiger partial charge in [0.25, 0.3) is 11.8 Å². The molecule has 1 saturated carbocycles. The lowest BCUT2D eigenvalue weighted by Crippen LogP contribution is -2.54. The summed E-state index contributed by atoms with van der Waals surface area (Å²) in [5.74, 6) is -1.30. The Morgan fingerprint density at radius 3 is 2.18 bits per heavy atom. The molecule has 2 aromatic rings. The van der Waals surface area contributed by atoms with Gasteiger partial charge in [0, 0.05) is 34.8 Å². The predicted molar refractivity (Wildman–Crippen MR) is 147 cm³/mol. The molecular weight excluding hydrogens is 529 g/mol. The Morgan fingerprint density at radius 1 is 0.949 bits per heavy atom. The topological polar surface area (TPSA) is 99.3 Å². The molecule has 0 unspecified atom stereocenters. The van der Waals surface area contributed by atoms with E-state index in [0.29, 0.717) is 24.9 Å². The van der Waals surface area contributed by atoms with Gasteiger partial charge in [-0.15, -0.1) is 11.8 Å². The van der Waals surface area contributed by atoms with Gasteiger partial charge >= 0.3 is 6.18 Å². The maximum atomic E-state index is 13.3. The number of hydrogen-bond donors (Lipinski definition) is 4. The Labute approximate surface area is 231 Å². The van der Waals surface area contributed by atoms with Crippen LogP contribution in [0.2, 0.25) is 0 Å². The standard InChI is InChI=1S/C28H35F3N4O3S/c1-17(2)15-32-22-13-10-19(28(29,30)31)14-21(22)27(38)33-16-25(36)34-23-6-4-5-7-24(23)35-26(37)18-8-11-20(39-3)12-9-18/h8-14,17,23-24,32H,4-7,15-16H2,1-3H3,(H,33,38)(H,34,36)(H,35,37)/t23-,24+/m1/s1. The molecule has 0 spiro atoms. The first-order valence-electron chi connectivity index (χ1n) is 13.0. The van der Waals surface area contributed by atoms with Crippen molar-refractivity contribution in [2.75, 3.05) is 24.7 Å². The predicted octanol–water partition coefficient (Wildman–Crippen LogP) is 5.08. The fourth-order valence-electron chi connectivity index (χ4n) is 4.36. The average molecular weight is 565 g/mol. The van der Waals surface area contributed by atoms with Crippen molar-refractivity contribution in [3.8, 4) is 0 Å². The quantitative estimate of drug-likeness (QED) is 0.302. The van der Waals surface area contributed by atoms with Crippen LogP contribution in [0, 0.1) is 5.92 Å². The normalized spacial score (nSPS) is 17.4. The van der Waals surface area contributed by atoms with Gasteiger partial charge in [-0.2, -0.15) is 13.2 Å². The lowest BCUT2D eigenvalue weighted by molar-refractivity contribution is -0.137. The fourth-order valence-corrected chi connectivity index (χ4v) is 4.77. The van der Waals surface area contributed by atoms with Crippen LogP contribution in [0.25, 0.3) is 0 Å². The highest BCUT2D eigenvalue weighted by molar-refractivity contribution is 7.98. The molecule has 7 nitrogen and oxygen atoms in total. The van der Waals surface area contributed by atoms with Crippen LogP contribution in [0.5, 0.6) is 0 Å². The molecule has 0 aliphatic heterocycles. The molecule has 3 rings (SSSR count). The van der Waals surface area contributed by atoms with E-state index in [1.54, 1.807) is 23.9 Å². The van der Waals surface area contributed by atoms with Crippen molar-refractivity contribution in [3.05, 3.63) is 59.2 Å². The number of anilines is 1. The van der Waals surface area contributed by atoms with Gasteiger partial charge in [0.15, 0.2) is 0 Å². The SMILES string of the molecule is CSc1ccc(C(=O)N[C@H]2CCCC[C@H]2NC(=O)CNC(=O)c2cc(C(F)(F)F)ccc2NCC(C)C)cc1. The molecule has 0 saturated heterocycles. The van der Waals surface area contributed by atoms with Gasteiger partial charge in [0.1, 0.15) is 0 Å². The van der Waals surface area contributed by atoms with Crippen LogP contribution in [0.3, 0.4) is 0 Å². The third kappa shape index (κ3) is 8.91. The number of carbonyl (C=O) groups is 3. The number of thioether (sulfide) groups is 1. The minimum atomic E-state index is -4.61. The molecule has 1 aliphatic carbocycles. The number of nitrogens with one attached hydrogen (secondary N) is 4. The zero-order valence-electron chi connectivity index (χ0n) is 22.3. The van der Waals surface area contributed by atoms with Crippen molar-refractivity contribution in [1.82, 2.24) is 16.0 Å². The Balaban J connectivity index is 1.62. The second-order valence-corrected chi connectivity index (χ2v) is 10.9.